The Hall–Kier alpha value is -3.67. The number of carbonyl (C=O) groups is 4. The Kier molecular flexibility index (Phi) is 10.8. The molecule has 3 aliphatic rings. The number of hydrogen-bond donors (Lipinski definition) is 3. The lowest BCUT2D eigenvalue weighted by Crippen LogP contribution is -2.50. The molecular weight excluding hydrogens is 609 g/mol. The first-order chi connectivity index (χ1) is 22.4. The summed E-state index contributed by atoms with van der Waals surface area (Å²) in [6.07, 6.45) is 6.24. The van der Waals surface area contributed by atoms with Gasteiger partial charge in [0, 0.05) is 30.6 Å². The largest absolute Gasteiger partial charge is 0.475 e. The average Bonchev–Trinajstić information content (AvgIpc) is 3.68. The summed E-state index contributed by atoms with van der Waals surface area (Å²) >= 11 is 0. The number of nitrogens with one attached hydrogen (secondary N) is 2. The molecule has 0 bridgehead atoms. The van der Waals surface area contributed by atoms with E-state index in [1.54, 1.807) is 51.0 Å². The summed E-state index contributed by atoms with van der Waals surface area (Å²) in [4.78, 5) is 53.6. The van der Waals surface area contributed by atoms with Crippen LogP contribution in [0.1, 0.15) is 89.1 Å². The molecule has 12 heteroatoms. The number of amides is 3. The van der Waals surface area contributed by atoms with E-state index in [2.05, 4.69) is 10.6 Å². The molecule has 5 rings (SSSR count). The number of fused-ring (bicyclic) bond motifs is 1. The van der Waals surface area contributed by atoms with Gasteiger partial charge in [0.05, 0.1) is 12.1 Å². The lowest BCUT2D eigenvalue weighted by Gasteiger charge is -2.38. The molecule has 0 spiro atoms. The normalized spacial score (nSPS) is 27.3. The second-order valence-electron chi connectivity index (χ2n) is 14.4. The predicted molar refractivity (Wildman–Crippen MR) is 173 cm³/mol. The van der Waals surface area contributed by atoms with Crippen LogP contribution in [0, 0.1) is 23.7 Å². The number of rotatable bonds is 9. The molecule has 3 fully saturated rings. The van der Waals surface area contributed by atoms with Crippen LogP contribution in [-0.4, -0.2) is 78.0 Å². The number of alkyl carbamates (subject to hydrolysis) is 1. The highest BCUT2D eigenvalue weighted by Gasteiger charge is 2.47. The highest BCUT2D eigenvalue weighted by atomic mass is 19.1. The van der Waals surface area contributed by atoms with Crippen molar-refractivity contribution in [1.29, 1.82) is 0 Å². The maximum atomic E-state index is 14.1. The number of furan rings is 1. The van der Waals surface area contributed by atoms with Gasteiger partial charge >= 0.3 is 12.1 Å². The first kappa shape index (κ1) is 34.7. The Bertz CT molecular complexity index is 1440. The third kappa shape index (κ3) is 8.25. The number of ether oxygens (including phenoxy) is 2. The highest BCUT2D eigenvalue weighted by molar-refractivity contribution is 6.00. The molecular formula is C35H48FN3O8. The van der Waals surface area contributed by atoms with Gasteiger partial charge in [-0.3, -0.25) is 9.59 Å². The van der Waals surface area contributed by atoms with Crippen molar-refractivity contribution in [3.63, 3.8) is 0 Å². The van der Waals surface area contributed by atoms with Gasteiger partial charge in [-0.15, -0.1) is 0 Å². The van der Waals surface area contributed by atoms with E-state index in [-0.39, 0.29) is 47.4 Å². The minimum absolute atomic E-state index is 0.00156. The lowest BCUT2D eigenvalue weighted by atomic mass is 9.75. The van der Waals surface area contributed by atoms with E-state index in [4.69, 9.17) is 13.9 Å². The zero-order chi connectivity index (χ0) is 33.9. The molecule has 1 aliphatic heterocycles. The fourth-order valence-corrected chi connectivity index (χ4v) is 7.83. The minimum atomic E-state index is -1.17. The molecule has 0 unspecified atom stereocenters. The lowest BCUT2D eigenvalue weighted by molar-refractivity contribution is -0.142. The van der Waals surface area contributed by atoms with Crippen molar-refractivity contribution in [2.75, 3.05) is 25.6 Å². The van der Waals surface area contributed by atoms with Gasteiger partial charge < -0.3 is 34.5 Å². The number of benzene rings is 1. The van der Waals surface area contributed by atoms with Crippen LogP contribution in [0.2, 0.25) is 0 Å². The van der Waals surface area contributed by atoms with Crippen molar-refractivity contribution >= 4 is 40.5 Å². The van der Waals surface area contributed by atoms with E-state index in [1.165, 1.54) is 6.07 Å². The van der Waals surface area contributed by atoms with Crippen LogP contribution in [0.4, 0.5) is 14.9 Å². The summed E-state index contributed by atoms with van der Waals surface area (Å²) in [7, 11) is 1.73. The van der Waals surface area contributed by atoms with Crippen molar-refractivity contribution in [3.8, 4) is 0 Å². The van der Waals surface area contributed by atoms with Gasteiger partial charge in [-0.2, -0.15) is 0 Å². The summed E-state index contributed by atoms with van der Waals surface area (Å²) in [5.41, 5.74) is 0.208. The monoisotopic (exact) mass is 657 g/mol. The number of anilines is 1. The van der Waals surface area contributed by atoms with Crippen molar-refractivity contribution in [2.24, 2.45) is 23.7 Å². The van der Waals surface area contributed by atoms with Gasteiger partial charge in [0.15, 0.2) is 0 Å². The summed E-state index contributed by atoms with van der Waals surface area (Å²) in [5.74, 6) is -1.79. The maximum absolute atomic E-state index is 14.1. The van der Waals surface area contributed by atoms with E-state index >= 15 is 0 Å². The Morgan fingerprint density at radius 1 is 1.02 bits per heavy atom. The first-order valence-electron chi connectivity index (χ1n) is 16.8. The van der Waals surface area contributed by atoms with Crippen LogP contribution in [0.15, 0.2) is 28.7 Å². The van der Waals surface area contributed by atoms with Gasteiger partial charge in [0.25, 0.3) is 0 Å². The third-order valence-electron chi connectivity index (χ3n) is 10.2. The van der Waals surface area contributed by atoms with Crippen LogP contribution in [0.3, 0.4) is 0 Å². The Morgan fingerprint density at radius 3 is 2.34 bits per heavy atom. The van der Waals surface area contributed by atoms with Gasteiger partial charge in [-0.25, -0.2) is 14.0 Å². The molecule has 2 saturated carbocycles. The molecule has 0 radical (unpaired) electrons. The number of carboxylic acid groups (broad SMARTS) is 1. The highest BCUT2D eigenvalue weighted by Crippen LogP contribution is 2.42. The molecule has 3 N–H and O–H groups in total. The quantitative estimate of drug-likeness (QED) is 0.291. The molecule has 1 aromatic heterocycles. The van der Waals surface area contributed by atoms with E-state index in [0.29, 0.717) is 48.9 Å². The second kappa shape index (κ2) is 14.6. The molecule has 3 amide bonds. The standard InChI is InChI=1S/C35H48FN3O8/c1-35(2,3)47-34(44)38-27(19-36)21-5-7-22(8-6-21)32(41)39-16-15-26(20-9-12-25(45-4)13-10-20)30(39)31(40)37-24-11-14-28-23(17-24)18-29(46-28)33(42)43/h11,14,17-18,20-22,25-27,30H,5-10,12-13,15-16,19H2,1-4H3,(H,37,40)(H,38,44)(H,42,43)/t20?,21-,22-,25?,26-,27-,30-/m1/s1. The molecule has 3 atom stereocenters. The number of carboxylic acids is 1. The Balaban J connectivity index is 1.28. The second-order valence-corrected chi connectivity index (χ2v) is 14.4. The SMILES string of the molecule is COC1CCC([C@H]2CCN(C(=O)[C@H]3CC[C@H]([C@@H](CF)NC(=O)OC(C)(C)C)CC3)[C@H]2C(=O)Nc2ccc3oc(C(=O)O)cc3c2)CC1. The molecule has 258 valence electrons. The summed E-state index contributed by atoms with van der Waals surface area (Å²) in [6, 6.07) is 5.06. The fourth-order valence-electron chi connectivity index (χ4n) is 7.83. The molecule has 1 saturated heterocycles. The zero-order valence-corrected chi connectivity index (χ0v) is 27.8. The number of alkyl halides is 1. The van der Waals surface area contributed by atoms with Crippen LogP contribution < -0.4 is 10.6 Å². The molecule has 47 heavy (non-hydrogen) atoms. The number of methoxy groups -OCH3 is 1. The predicted octanol–water partition coefficient (Wildman–Crippen LogP) is 6.16. The van der Waals surface area contributed by atoms with Crippen LogP contribution in [0.5, 0.6) is 0 Å². The number of nitrogens with zero attached hydrogens (tertiary/aromatic N) is 1. The van der Waals surface area contributed by atoms with Crippen molar-refractivity contribution in [3.05, 3.63) is 30.0 Å². The van der Waals surface area contributed by atoms with Crippen molar-refractivity contribution in [1.82, 2.24) is 10.2 Å². The van der Waals surface area contributed by atoms with Crippen LogP contribution in [0.25, 0.3) is 11.0 Å². The summed E-state index contributed by atoms with van der Waals surface area (Å²) in [5, 5.41) is 15.5. The minimum Gasteiger partial charge on any atom is -0.475 e. The molecule has 11 nitrogen and oxygen atoms in total. The van der Waals surface area contributed by atoms with Crippen molar-refractivity contribution < 1.29 is 42.6 Å². The van der Waals surface area contributed by atoms with Gasteiger partial charge in [-0.1, -0.05) is 0 Å². The number of aromatic carboxylic acids is 1. The molecule has 2 heterocycles. The van der Waals surface area contributed by atoms with E-state index in [1.807, 2.05) is 0 Å². The van der Waals surface area contributed by atoms with E-state index < -0.39 is 36.4 Å². The maximum Gasteiger partial charge on any atom is 0.407 e. The Morgan fingerprint density at radius 2 is 1.72 bits per heavy atom. The fraction of sp³-hybridized carbons (Fsp3) is 0.657. The van der Waals surface area contributed by atoms with Gasteiger partial charge in [0.1, 0.15) is 23.9 Å². The summed E-state index contributed by atoms with van der Waals surface area (Å²) < 4.78 is 30.3. The molecule has 2 aliphatic carbocycles. The van der Waals surface area contributed by atoms with Crippen LogP contribution in [-0.2, 0) is 19.1 Å². The van der Waals surface area contributed by atoms with Gasteiger partial charge in [-0.05, 0) is 121 Å². The van der Waals surface area contributed by atoms with Crippen molar-refractivity contribution in [2.45, 2.75) is 102 Å². The number of halogens is 1. The zero-order valence-electron chi connectivity index (χ0n) is 27.8. The first-order valence-corrected chi connectivity index (χ1v) is 16.8. The Labute approximate surface area is 274 Å². The number of hydrogen-bond acceptors (Lipinski definition) is 7. The average molecular weight is 658 g/mol. The molecule has 2 aromatic rings. The van der Waals surface area contributed by atoms with E-state index in [0.717, 1.165) is 32.1 Å². The van der Waals surface area contributed by atoms with Crippen LogP contribution >= 0.6 is 0 Å². The van der Waals surface area contributed by atoms with E-state index in [9.17, 15) is 28.7 Å². The topological polar surface area (TPSA) is 147 Å². The third-order valence-corrected chi connectivity index (χ3v) is 10.2. The smallest absolute Gasteiger partial charge is 0.407 e. The number of carbonyl (C=O) groups excluding carboxylic acids is 3. The van der Waals surface area contributed by atoms with Gasteiger partial charge in [0.2, 0.25) is 17.6 Å². The summed E-state index contributed by atoms with van der Waals surface area (Å²) in [6.45, 7) is 5.03. The molecule has 1 aromatic carbocycles. The number of likely N-dealkylation sites (tertiary alicyclic amines) is 1.